The van der Waals surface area contributed by atoms with Crippen molar-refractivity contribution in [3.63, 3.8) is 0 Å². The largest absolute Gasteiger partial charge is 0.453 e. The maximum Gasteiger partial charge on any atom is 0.407 e. The Kier molecular flexibility index (Phi) is 8.55. The maximum absolute atomic E-state index is 16.1. The smallest absolute Gasteiger partial charge is 0.407 e. The fraction of sp³-hybridized carbons (Fsp3) is 0.317. The first-order valence-corrected chi connectivity index (χ1v) is 18.5. The lowest BCUT2D eigenvalue weighted by Gasteiger charge is -2.35. The number of carbonyl (C=O) groups is 2. The van der Waals surface area contributed by atoms with Crippen LogP contribution in [0.1, 0.15) is 43.3 Å². The first-order valence-electron chi connectivity index (χ1n) is 18.5. The van der Waals surface area contributed by atoms with E-state index in [-0.39, 0.29) is 41.3 Å². The Bertz CT molecular complexity index is 2530. The van der Waals surface area contributed by atoms with E-state index >= 15 is 17.6 Å². The number of rotatable bonds is 7. The zero-order valence-corrected chi connectivity index (χ0v) is 31.0. The summed E-state index contributed by atoms with van der Waals surface area (Å²) in [5, 5.41) is 2.60. The van der Waals surface area contributed by atoms with E-state index in [1.165, 1.54) is 30.3 Å². The van der Waals surface area contributed by atoms with E-state index in [4.69, 9.17) is 14.2 Å². The van der Waals surface area contributed by atoms with Crippen LogP contribution in [-0.4, -0.2) is 80.5 Å². The van der Waals surface area contributed by atoms with Crippen molar-refractivity contribution in [2.45, 2.75) is 50.0 Å². The molecule has 294 valence electrons. The van der Waals surface area contributed by atoms with Gasteiger partial charge >= 0.3 is 17.9 Å². The monoisotopic (exact) mass is 783 g/mol. The lowest BCUT2D eigenvalue weighted by Crippen LogP contribution is -2.52. The standard InChI is InChI=1S/C41H37F4N7O5/c1-21(2)34(51-38(54)55-3)37(53)52-20-39(56-13-14-57-39)18-33(52)36-47-19-32(50-36)24-7-10-26-25-9-6-22(15-27(25)40(42,43)41(44,45)28(26)16-24)23-8-11-29-31(17-23)49-35(48-29)30-5-4-12-46-30/h4-12,15-17,19,21,33-34,46H,13-14,18,20H2,1-3H3,(H,47,50)(H,48,49)(H,51,54)/t33-,34-/m0/s1. The third-order valence-electron chi connectivity index (χ3n) is 11.1. The van der Waals surface area contributed by atoms with Crippen LogP contribution in [0, 0.1) is 5.92 Å². The molecule has 0 unspecified atom stereocenters. The number of likely N-dealkylation sites (tertiary alicyclic amines) is 1. The molecule has 6 aromatic rings. The predicted octanol–water partition coefficient (Wildman–Crippen LogP) is 7.88. The van der Waals surface area contributed by atoms with Crippen LogP contribution in [0.25, 0.3) is 56.1 Å². The highest BCUT2D eigenvalue weighted by Gasteiger charge is 2.63. The van der Waals surface area contributed by atoms with Crippen LogP contribution in [0.3, 0.4) is 0 Å². The van der Waals surface area contributed by atoms with Gasteiger partial charge in [0.25, 0.3) is 0 Å². The molecule has 2 fully saturated rings. The summed E-state index contributed by atoms with van der Waals surface area (Å²) < 4.78 is 81.1. The summed E-state index contributed by atoms with van der Waals surface area (Å²) in [4.78, 5) is 46.1. The van der Waals surface area contributed by atoms with Crippen molar-refractivity contribution in [1.29, 1.82) is 0 Å². The van der Waals surface area contributed by atoms with Crippen molar-refractivity contribution in [3.05, 3.63) is 96.1 Å². The van der Waals surface area contributed by atoms with Crippen LogP contribution in [0.2, 0.25) is 0 Å². The number of nitrogens with one attached hydrogen (secondary N) is 4. The molecule has 2 aliphatic heterocycles. The summed E-state index contributed by atoms with van der Waals surface area (Å²) in [6.07, 6.45) is 2.61. The lowest BCUT2D eigenvalue weighted by atomic mass is 9.78. The number of methoxy groups -OCH3 is 1. The second kappa shape index (κ2) is 13.3. The minimum absolute atomic E-state index is 0.000386. The van der Waals surface area contributed by atoms with E-state index < -0.39 is 52.8 Å². The molecule has 3 aliphatic rings. The number of ether oxygens (including phenoxy) is 3. The first kappa shape index (κ1) is 36.6. The summed E-state index contributed by atoms with van der Waals surface area (Å²) in [6.45, 7) is 4.25. The van der Waals surface area contributed by atoms with Gasteiger partial charge in [-0.3, -0.25) is 4.79 Å². The van der Waals surface area contributed by atoms with Crippen molar-refractivity contribution in [2.24, 2.45) is 5.92 Å². The molecule has 0 saturated carbocycles. The number of aromatic amines is 3. The molecule has 0 radical (unpaired) electrons. The van der Waals surface area contributed by atoms with Crippen LogP contribution in [0.4, 0.5) is 22.4 Å². The third kappa shape index (κ3) is 5.96. The molecule has 0 bridgehead atoms. The Hall–Kier alpha value is -6.00. The van der Waals surface area contributed by atoms with Gasteiger partial charge < -0.3 is 39.4 Å². The fourth-order valence-corrected chi connectivity index (χ4v) is 8.11. The summed E-state index contributed by atoms with van der Waals surface area (Å²) in [5.74, 6) is -10.0. The van der Waals surface area contributed by atoms with Gasteiger partial charge in [-0.15, -0.1) is 0 Å². The van der Waals surface area contributed by atoms with Crippen molar-refractivity contribution >= 4 is 23.0 Å². The molecule has 1 spiro atoms. The van der Waals surface area contributed by atoms with E-state index in [9.17, 15) is 9.59 Å². The number of halogens is 4. The Morgan fingerprint density at radius 3 is 2.23 bits per heavy atom. The number of hydrogen-bond acceptors (Lipinski definition) is 7. The minimum Gasteiger partial charge on any atom is -0.453 e. The fourth-order valence-electron chi connectivity index (χ4n) is 8.11. The predicted molar refractivity (Wildman–Crippen MR) is 200 cm³/mol. The molecular weight excluding hydrogens is 746 g/mol. The highest BCUT2D eigenvalue weighted by molar-refractivity contribution is 5.88. The number of nitrogens with zero attached hydrogens (tertiary/aromatic N) is 3. The number of hydrogen-bond donors (Lipinski definition) is 4. The summed E-state index contributed by atoms with van der Waals surface area (Å²) in [6, 6.07) is 15.5. The molecule has 2 amide bonds. The molecule has 12 nitrogen and oxygen atoms in total. The molecule has 9 rings (SSSR count). The number of alkyl carbamates (subject to hydrolysis) is 1. The second-order valence-corrected chi connectivity index (χ2v) is 14.9. The van der Waals surface area contributed by atoms with Gasteiger partial charge in [0.1, 0.15) is 11.9 Å². The molecule has 16 heteroatoms. The molecule has 2 atom stereocenters. The Balaban J connectivity index is 1.04. The summed E-state index contributed by atoms with van der Waals surface area (Å²) >= 11 is 0. The highest BCUT2D eigenvalue weighted by atomic mass is 19.3. The van der Waals surface area contributed by atoms with Gasteiger partial charge in [0.2, 0.25) is 5.91 Å². The zero-order chi connectivity index (χ0) is 39.9. The number of fused-ring (bicyclic) bond motifs is 4. The molecule has 3 aromatic heterocycles. The number of amides is 2. The van der Waals surface area contributed by atoms with Gasteiger partial charge in [-0.05, 0) is 64.6 Å². The van der Waals surface area contributed by atoms with Crippen molar-refractivity contribution in [2.75, 3.05) is 26.9 Å². The van der Waals surface area contributed by atoms with E-state index in [1.54, 1.807) is 50.4 Å². The topological polar surface area (TPSA) is 150 Å². The molecule has 3 aromatic carbocycles. The van der Waals surface area contributed by atoms with E-state index in [0.29, 0.717) is 47.0 Å². The van der Waals surface area contributed by atoms with Gasteiger partial charge in [0, 0.05) is 29.3 Å². The van der Waals surface area contributed by atoms with Gasteiger partial charge in [-0.2, -0.15) is 17.6 Å². The molecular formula is C41H37F4N7O5. The van der Waals surface area contributed by atoms with Crippen molar-refractivity contribution < 1.29 is 41.4 Å². The average Bonchev–Trinajstić information content (AvgIpc) is 4.06. The van der Waals surface area contributed by atoms with Crippen LogP contribution in [0.5, 0.6) is 0 Å². The van der Waals surface area contributed by atoms with Gasteiger partial charge in [-0.1, -0.05) is 44.2 Å². The summed E-state index contributed by atoms with van der Waals surface area (Å²) in [7, 11) is 1.20. The van der Waals surface area contributed by atoms with Crippen LogP contribution in [-0.2, 0) is 30.9 Å². The maximum atomic E-state index is 16.1. The zero-order valence-electron chi connectivity index (χ0n) is 31.0. The quantitative estimate of drug-likeness (QED) is 0.120. The lowest BCUT2D eigenvalue weighted by molar-refractivity contribution is -0.225. The van der Waals surface area contributed by atoms with Crippen LogP contribution >= 0.6 is 0 Å². The third-order valence-corrected chi connectivity index (χ3v) is 11.1. The molecule has 57 heavy (non-hydrogen) atoms. The first-order chi connectivity index (χ1) is 27.3. The number of alkyl halides is 4. The van der Waals surface area contributed by atoms with Crippen molar-refractivity contribution in [1.82, 2.24) is 35.1 Å². The SMILES string of the molecule is COC(=O)N[C@H](C(=O)N1CC2(C[C@H]1c1ncc(-c3ccc4c(c3)C(F)(F)C(F)(F)c3cc(-c5ccc6nc(-c7ccc[nH]7)[nH]c6c5)ccc3-4)[nH]1)OCCO2)C(C)C. The summed E-state index contributed by atoms with van der Waals surface area (Å²) in [5.41, 5.74) is 1.86. The van der Waals surface area contributed by atoms with Gasteiger partial charge in [0.15, 0.2) is 11.6 Å². The number of aromatic nitrogens is 5. The molecule has 5 heterocycles. The van der Waals surface area contributed by atoms with E-state index in [2.05, 4.69) is 30.2 Å². The average molecular weight is 784 g/mol. The molecule has 1 aliphatic carbocycles. The second-order valence-electron chi connectivity index (χ2n) is 14.9. The Morgan fingerprint density at radius 1 is 0.895 bits per heavy atom. The number of benzene rings is 3. The van der Waals surface area contributed by atoms with E-state index in [0.717, 1.165) is 17.8 Å². The van der Waals surface area contributed by atoms with Crippen LogP contribution < -0.4 is 5.32 Å². The van der Waals surface area contributed by atoms with E-state index in [1.807, 2.05) is 12.1 Å². The van der Waals surface area contributed by atoms with Gasteiger partial charge in [0.05, 0.1) is 61.5 Å². The Labute approximate surface area is 323 Å². The number of carbonyl (C=O) groups excluding carboxylic acids is 2. The van der Waals surface area contributed by atoms with Crippen molar-refractivity contribution in [3.8, 4) is 45.0 Å². The minimum atomic E-state index is -4.57. The van der Waals surface area contributed by atoms with Crippen LogP contribution in [0.15, 0.2) is 79.1 Å². The van der Waals surface area contributed by atoms with Gasteiger partial charge in [-0.25, -0.2) is 14.8 Å². The molecule has 2 saturated heterocycles. The Morgan fingerprint density at radius 2 is 1.56 bits per heavy atom. The number of imidazole rings is 2. The highest BCUT2D eigenvalue weighted by Crippen LogP contribution is 2.59. The molecule has 4 N–H and O–H groups in total. The normalized spacial score (nSPS) is 19.5. The number of H-pyrrole nitrogens is 3.